The van der Waals surface area contributed by atoms with E-state index in [9.17, 15) is 8.42 Å². The molecular weight excluding hydrogens is 220 g/mol. The zero-order chi connectivity index (χ0) is 10.6. The summed E-state index contributed by atoms with van der Waals surface area (Å²) < 4.78 is 29.4. The molecule has 0 aliphatic heterocycles. The molecule has 0 spiro atoms. The van der Waals surface area contributed by atoms with E-state index in [1.807, 2.05) is 12.1 Å². The predicted molar refractivity (Wildman–Crippen MR) is 59.4 cm³/mol. The lowest BCUT2D eigenvalue weighted by molar-refractivity contribution is 0.503. The van der Waals surface area contributed by atoms with Crippen LogP contribution in [0.4, 0.5) is 0 Å². The van der Waals surface area contributed by atoms with Crippen LogP contribution >= 0.6 is 10.8 Å². The predicted octanol–water partition coefficient (Wildman–Crippen LogP) is 2.37. The Balaban J connectivity index is 2.65. The minimum absolute atomic E-state index is 0.246. The van der Waals surface area contributed by atoms with Crippen molar-refractivity contribution in [3.63, 3.8) is 0 Å². The first-order valence-corrected chi connectivity index (χ1v) is 6.79. The van der Waals surface area contributed by atoms with E-state index in [2.05, 4.69) is 6.58 Å². The van der Waals surface area contributed by atoms with E-state index in [0.717, 1.165) is 11.1 Å². The Labute approximate surface area is 87.0 Å². The molecule has 1 N–H and O–H groups in total. The molecule has 76 valence electrons. The molecule has 0 aliphatic rings. The van der Waals surface area contributed by atoms with Gasteiger partial charge >= 0.3 is 9.15 Å². The molecule has 0 radical (unpaired) electrons. The minimum Gasteiger partial charge on any atom is -0.277 e. The molecule has 1 rings (SSSR count). The minimum atomic E-state index is -3.94. The van der Waals surface area contributed by atoms with Crippen LogP contribution < -0.4 is 0 Å². The SMILES string of the molecule is C=Cc1ccc(CSS(=O)(=O)O)cc1. The van der Waals surface area contributed by atoms with Crippen LogP contribution in [0.3, 0.4) is 0 Å². The third-order valence-corrected chi connectivity index (χ3v) is 3.59. The Bertz CT molecular complexity index is 406. The largest absolute Gasteiger partial charge is 0.320 e. The van der Waals surface area contributed by atoms with Crippen LogP contribution in [0, 0.1) is 0 Å². The Morgan fingerprint density at radius 1 is 1.36 bits per heavy atom. The van der Waals surface area contributed by atoms with E-state index >= 15 is 0 Å². The highest BCUT2D eigenvalue weighted by atomic mass is 33.1. The van der Waals surface area contributed by atoms with Crippen LogP contribution in [0.2, 0.25) is 0 Å². The van der Waals surface area contributed by atoms with E-state index in [4.69, 9.17) is 4.55 Å². The maximum atomic E-state index is 10.4. The summed E-state index contributed by atoms with van der Waals surface area (Å²) in [6, 6.07) is 7.28. The second kappa shape index (κ2) is 4.63. The van der Waals surface area contributed by atoms with Gasteiger partial charge in [-0.1, -0.05) is 36.9 Å². The zero-order valence-electron chi connectivity index (χ0n) is 7.38. The smallest absolute Gasteiger partial charge is 0.277 e. The fraction of sp³-hybridized carbons (Fsp3) is 0.111. The van der Waals surface area contributed by atoms with Crippen molar-refractivity contribution in [3.05, 3.63) is 42.0 Å². The quantitative estimate of drug-likeness (QED) is 0.637. The van der Waals surface area contributed by atoms with Gasteiger partial charge in [0.15, 0.2) is 0 Å². The van der Waals surface area contributed by atoms with Crippen molar-refractivity contribution >= 4 is 26.0 Å². The van der Waals surface area contributed by atoms with Crippen LogP contribution in [0.15, 0.2) is 30.8 Å². The molecule has 5 heteroatoms. The van der Waals surface area contributed by atoms with E-state index < -0.39 is 9.15 Å². The van der Waals surface area contributed by atoms with E-state index in [1.165, 1.54) is 0 Å². The Morgan fingerprint density at radius 2 is 1.93 bits per heavy atom. The average Bonchev–Trinajstić information content (AvgIpc) is 2.14. The van der Waals surface area contributed by atoms with Crippen LogP contribution in [0.5, 0.6) is 0 Å². The van der Waals surface area contributed by atoms with Gasteiger partial charge in [-0.15, -0.1) is 0 Å². The maximum Gasteiger partial charge on any atom is 0.320 e. The molecule has 0 bridgehead atoms. The molecule has 0 aliphatic carbocycles. The summed E-state index contributed by atoms with van der Waals surface area (Å²) in [6.07, 6.45) is 1.71. The fourth-order valence-electron chi connectivity index (χ4n) is 0.892. The Morgan fingerprint density at radius 3 is 2.36 bits per heavy atom. The first-order valence-electron chi connectivity index (χ1n) is 3.84. The lowest BCUT2D eigenvalue weighted by Gasteiger charge is -1.99. The van der Waals surface area contributed by atoms with Gasteiger partial charge in [0.1, 0.15) is 0 Å². The van der Waals surface area contributed by atoms with Gasteiger partial charge in [0, 0.05) is 16.5 Å². The average molecular weight is 230 g/mol. The highest BCUT2D eigenvalue weighted by molar-refractivity contribution is 8.69. The summed E-state index contributed by atoms with van der Waals surface area (Å²) in [6.45, 7) is 3.60. The van der Waals surface area contributed by atoms with Gasteiger partial charge in [0.25, 0.3) is 0 Å². The van der Waals surface area contributed by atoms with Crippen LogP contribution in [0.1, 0.15) is 11.1 Å². The van der Waals surface area contributed by atoms with Gasteiger partial charge in [-0.25, -0.2) is 0 Å². The molecule has 0 saturated carbocycles. The van der Waals surface area contributed by atoms with Crippen LogP contribution in [0.25, 0.3) is 6.08 Å². The molecule has 1 aromatic carbocycles. The second-order valence-corrected chi connectivity index (χ2v) is 5.99. The molecule has 0 amide bonds. The lowest BCUT2D eigenvalue weighted by Crippen LogP contribution is -1.90. The Kier molecular flexibility index (Phi) is 3.74. The Hall–Kier alpha value is -0.780. The summed E-state index contributed by atoms with van der Waals surface area (Å²) in [5.41, 5.74) is 1.82. The molecule has 1 aromatic rings. The van der Waals surface area contributed by atoms with Crippen LogP contribution in [-0.2, 0) is 14.9 Å². The van der Waals surface area contributed by atoms with E-state index in [-0.39, 0.29) is 5.75 Å². The van der Waals surface area contributed by atoms with Gasteiger partial charge in [0.2, 0.25) is 0 Å². The molecule has 0 aromatic heterocycles. The van der Waals surface area contributed by atoms with Crippen molar-refractivity contribution in [1.29, 1.82) is 0 Å². The third-order valence-electron chi connectivity index (χ3n) is 1.59. The summed E-state index contributed by atoms with van der Waals surface area (Å²) in [4.78, 5) is 0. The lowest BCUT2D eigenvalue weighted by atomic mass is 10.1. The van der Waals surface area contributed by atoms with E-state index in [0.29, 0.717) is 10.8 Å². The zero-order valence-corrected chi connectivity index (χ0v) is 9.01. The summed E-state index contributed by atoms with van der Waals surface area (Å²) in [5.74, 6) is 0.246. The molecule has 0 saturated heterocycles. The molecule has 3 nitrogen and oxygen atoms in total. The number of hydrogen-bond acceptors (Lipinski definition) is 3. The molecule has 0 heterocycles. The molecule has 0 atom stereocenters. The van der Waals surface area contributed by atoms with Gasteiger partial charge in [-0.2, -0.15) is 8.42 Å². The number of rotatable bonds is 4. The molecule has 0 unspecified atom stereocenters. The van der Waals surface area contributed by atoms with Gasteiger partial charge in [0.05, 0.1) is 0 Å². The number of benzene rings is 1. The van der Waals surface area contributed by atoms with E-state index in [1.54, 1.807) is 18.2 Å². The molecule has 0 fully saturated rings. The monoisotopic (exact) mass is 230 g/mol. The first-order chi connectivity index (χ1) is 6.51. The highest BCUT2D eigenvalue weighted by Crippen LogP contribution is 2.17. The molecular formula is C9H10O3S2. The third kappa shape index (κ3) is 3.95. The summed E-state index contributed by atoms with van der Waals surface area (Å²) >= 11 is 0. The maximum absolute atomic E-state index is 10.4. The van der Waals surface area contributed by atoms with Crippen molar-refractivity contribution in [2.45, 2.75) is 5.75 Å². The standard InChI is InChI=1S/C9H10O3S2/c1-2-8-3-5-9(6-4-8)7-13-14(10,11)12/h2-6H,1,7H2,(H,10,11,12). The fourth-order valence-corrected chi connectivity index (χ4v) is 2.22. The second-order valence-electron chi connectivity index (χ2n) is 2.64. The van der Waals surface area contributed by atoms with Crippen molar-refractivity contribution in [2.75, 3.05) is 0 Å². The van der Waals surface area contributed by atoms with Crippen molar-refractivity contribution in [3.8, 4) is 0 Å². The normalized spacial score (nSPS) is 11.2. The summed E-state index contributed by atoms with van der Waals surface area (Å²) in [5, 5.41) is 0. The topological polar surface area (TPSA) is 54.4 Å². The molecule has 14 heavy (non-hydrogen) atoms. The summed E-state index contributed by atoms with van der Waals surface area (Å²) in [7, 11) is -3.44. The van der Waals surface area contributed by atoms with Crippen molar-refractivity contribution in [1.82, 2.24) is 0 Å². The number of hydrogen-bond donors (Lipinski definition) is 1. The van der Waals surface area contributed by atoms with Crippen molar-refractivity contribution < 1.29 is 13.0 Å². The van der Waals surface area contributed by atoms with Gasteiger partial charge in [-0.3, -0.25) is 4.55 Å². The van der Waals surface area contributed by atoms with Gasteiger partial charge in [-0.05, 0) is 11.1 Å². The first kappa shape index (κ1) is 11.3. The van der Waals surface area contributed by atoms with Gasteiger partial charge < -0.3 is 0 Å². The van der Waals surface area contributed by atoms with Crippen molar-refractivity contribution in [2.24, 2.45) is 0 Å². The highest BCUT2D eigenvalue weighted by Gasteiger charge is 2.05. The van der Waals surface area contributed by atoms with Crippen LogP contribution in [-0.4, -0.2) is 13.0 Å².